The summed E-state index contributed by atoms with van der Waals surface area (Å²) in [5, 5.41) is 0. The maximum absolute atomic E-state index is 12.7. The van der Waals surface area contributed by atoms with Gasteiger partial charge in [0.15, 0.2) is 5.43 Å². The average Bonchev–Trinajstić information content (AvgIpc) is 2.50. The maximum atomic E-state index is 12.7. The topological polar surface area (TPSA) is 22.0 Å². The van der Waals surface area contributed by atoms with Crippen molar-refractivity contribution < 1.29 is 13.2 Å². The summed E-state index contributed by atoms with van der Waals surface area (Å²) in [7, 11) is 0. The Bertz CT molecular complexity index is 459. The number of hydrogen-bond acceptors (Lipinski definition) is 1. The van der Waals surface area contributed by atoms with E-state index in [1.54, 1.807) is 0 Å². The van der Waals surface area contributed by atoms with Gasteiger partial charge in [-0.05, 0) is 19.8 Å². The predicted molar refractivity (Wildman–Crippen MR) is 48.8 cm³/mol. The van der Waals surface area contributed by atoms with E-state index in [0.717, 1.165) is 0 Å². The van der Waals surface area contributed by atoms with E-state index in [9.17, 15) is 18.0 Å². The summed E-state index contributed by atoms with van der Waals surface area (Å²) >= 11 is 0. The van der Waals surface area contributed by atoms with E-state index >= 15 is 0 Å². The SMILES string of the molecule is Cc1c(C(F)(F)F)n2c(cc1=O)CCC2. The van der Waals surface area contributed by atoms with Crippen molar-refractivity contribution in [3.05, 3.63) is 33.2 Å². The lowest BCUT2D eigenvalue weighted by Crippen LogP contribution is -2.24. The lowest BCUT2D eigenvalue weighted by molar-refractivity contribution is -0.144. The van der Waals surface area contributed by atoms with Gasteiger partial charge >= 0.3 is 6.18 Å². The fourth-order valence-corrected chi connectivity index (χ4v) is 2.05. The van der Waals surface area contributed by atoms with Crippen molar-refractivity contribution in [2.45, 2.75) is 32.5 Å². The molecule has 0 radical (unpaired) electrons. The fraction of sp³-hybridized carbons (Fsp3) is 0.500. The highest BCUT2D eigenvalue weighted by atomic mass is 19.4. The van der Waals surface area contributed by atoms with E-state index in [1.807, 2.05) is 0 Å². The Hall–Kier alpha value is -1.26. The summed E-state index contributed by atoms with van der Waals surface area (Å²) < 4.78 is 39.4. The first-order chi connectivity index (χ1) is 6.91. The van der Waals surface area contributed by atoms with Crippen LogP contribution in [0.25, 0.3) is 0 Å². The van der Waals surface area contributed by atoms with Gasteiger partial charge in [0.25, 0.3) is 0 Å². The summed E-state index contributed by atoms with van der Waals surface area (Å²) in [5.41, 5.74) is -0.996. The van der Waals surface area contributed by atoms with Crippen LogP contribution in [0.4, 0.5) is 13.2 Å². The number of aromatic nitrogens is 1. The van der Waals surface area contributed by atoms with Crippen LogP contribution in [0.2, 0.25) is 0 Å². The number of pyridine rings is 1. The van der Waals surface area contributed by atoms with Gasteiger partial charge in [-0.3, -0.25) is 4.79 Å². The van der Waals surface area contributed by atoms with Crippen LogP contribution in [0, 0.1) is 6.92 Å². The highest BCUT2D eigenvalue weighted by molar-refractivity contribution is 5.27. The first-order valence-electron chi connectivity index (χ1n) is 4.72. The molecule has 0 fully saturated rings. The van der Waals surface area contributed by atoms with Crippen LogP contribution in [-0.4, -0.2) is 4.57 Å². The van der Waals surface area contributed by atoms with Crippen molar-refractivity contribution in [1.29, 1.82) is 0 Å². The molecule has 5 heteroatoms. The van der Waals surface area contributed by atoms with Gasteiger partial charge in [-0.1, -0.05) is 0 Å². The molecule has 1 aliphatic rings. The molecule has 0 atom stereocenters. The smallest absolute Gasteiger partial charge is 0.341 e. The molecular formula is C10H10F3NO. The summed E-state index contributed by atoms with van der Waals surface area (Å²) in [6.45, 7) is 1.59. The molecule has 15 heavy (non-hydrogen) atoms. The Kier molecular flexibility index (Phi) is 2.13. The minimum atomic E-state index is -4.44. The third-order valence-corrected chi connectivity index (χ3v) is 2.72. The maximum Gasteiger partial charge on any atom is 0.431 e. The minimum absolute atomic E-state index is 0.201. The van der Waals surface area contributed by atoms with Gasteiger partial charge in [0.1, 0.15) is 5.69 Å². The highest BCUT2D eigenvalue weighted by Crippen LogP contribution is 2.33. The molecule has 0 saturated heterocycles. The lowest BCUT2D eigenvalue weighted by atomic mass is 10.1. The average molecular weight is 217 g/mol. The van der Waals surface area contributed by atoms with Crippen LogP contribution >= 0.6 is 0 Å². The third kappa shape index (κ3) is 1.56. The van der Waals surface area contributed by atoms with Crippen LogP contribution in [0.3, 0.4) is 0 Å². The van der Waals surface area contributed by atoms with E-state index in [4.69, 9.17) is 0 Å². The Balaban J connectivity index is 2.77. The van der Waals surface area contributed by atoms with Gasteiger partial charge in [-0.15, -0.1) is 0 Å². The molecule has 82 valence electrons. The molecular weight excluding hydrogens is 207 g/mol. The largest absolute Gasteiger partial charge is 0.431 e. The zero-order chi connectivity index (χ0) is 11.2. The van der Waals surface area contributed by atoms with E-state index < -0.39 is 17.3 Å². The molecule has 0 unspecified atom stereocenters. The Morgan fingerprint density at radius 1 is 1.40 bits per heavy atom. The van der Waals surface area contributed by atoms with Gasteiger partial charge in [0.2, 0.25) is 0 Å². The molecule has 0 saturated carbocycles. The van der Waals surface area contributed by atoms with Crippen molar-refractivity contribution in [2.75, 3.05) is 0 Å². The van der Waals surface area contributed by atoms with E-state index in [0.29, 0.717) is 25.1 Å². The van der Waals surface area contributed by atoms with Crippen LogP contribution < -0.4 is 5.43 Å². The summed E-state index contributed by atoms with van der Waals surface area (Å²) in [6, 6.07) is 1.32. The zero-order valence-corrected chi connectivity index (χ0v) is 8.19. The normalized spacial score (nSPS) is 15.5. The predicted octanol–water partition coefficient (Wildman–Crippen LogP) is 2.12. The van der Waals surface area contributed by atoms with Gasteiger partial charge in [0, 0.05) is 23.9 Å². The van der Waals surface area contributed by atoms with Crippen molar-refractivity contribution >= 4 is 0 Å². The van der Waals surface area contributed by atoms with E-state index in [-0.39, 0.29) is 5.56 Å². The molecule has 0 spiro atoms. The van der Waals surface area contributed by atoms with Crippen LogP contribution in [-0.2, 0) is 19.1 Å². The van der Waals surface area contributed by atoms with Gasteiger partial charge in [0.05, 0.1) is 0 Å². The number of aryl methyl sites for hydroxylation is 1. The molecule has 2 nitrogen and oxygen atoms in total. The first-order valence-corrected chi connectivity index (χ1v) is 4.72. The molecule has 0 aromatic carbocycles. The first kappa shape index (κ1) is 10.3. The van der Waals surface area contributed by atoms with Gasteiger partial charge < -0.3 is 4.57 Å². The van der Waals surface area contributed by atoms with Gasteiger partial charge in [-0.2, -0.15) is 13.2 Å². The number of fused-ring (bicyclic) bond motifs is 1. The second kappa shape index (κ2) is 3.12. The van der Waals surface area contributed by atoms with E-state index in [1.165, 1.54) is 17.6 Å². The second-order valence-electron chi connectivity index (χ2n) is 3.73. The highest BCUT2D eigenvalue weighted by Gasteiger charge is 2.38. The van der Waals surface area contributed by atoms with Crippen LogP contribution in [0.5, 0.6) is 0 Å². The minimum Gasteiger partial charge on any atom is -0.341 e. The summed E-state index contributed by atoms with van der Waals surface area (Å²) in [4.78, 5) is 11.3. The monoisotopic (exact) mass is 217 g/mol. The molecule has 1 aromatic rings. The molecule has 2 heterocycles. The Labute approximate surface area is 84.3 Å². The molecule has 0 aliphatic carbocycles. The molecule has 0 amide bonds. The van der Waals surface area contributed by atoms with Crippen molar-refractivity contribution in [2.24, 2.45) is 0 Å². The van der Waals surface area contributed by atoms with E-state index in [2.05, 4.69) is 0 Å². The van der Waals surface area contributed by atoms with Crippen molar-refractivity contribution in [3.8, 4) is 0 Å². The second-order valence-corrected chi connectivity index (χ2v) is 3.73. The number of halogens is 3. The quantitative estimate of drug-likeness (QED) is 0.652. The molecule has 2 rings (SSSR count). The molecule has 0 N–H and O–H groups in total. The number of rotatable bonds is 0. The summed E-state index contributed by atoms with van der Waals surface area (Å²) in [6.07, 6.45) is -3.21. The third-order valence-electron chi connectivity index (χ3n) is 2.72. The molecule has 0 bridgehead atoms. The van der Waals surface area contributed by atoms with Crippen molar-refractivity contribution in [1.82, 2.24) is 4.57 Å². The van der Waals surface area contributed by atoms with Crippen LogP contribution in [0.1, 0.15) is 23.4 Å². The fourth-order valence-electron chi connectivity index (χ4n) is 2.05. The van der Waals surface area contributed by atoms with Gasteiger partial charge in [-0.25, -0.2) is 0 Å². The number of alkyl halides is 3. The lowest BCUT2D eigenvalue weighted by Gasteiger charge is -2.16. The standard InChI is InChI=1S/C10H10F3NO/c1-6-8(15)5-7-3-2-4-14(7)9(6)10(11,12)13/h5H,2-4H2,1H3. The Morgan fingerprint density at radius 2 is 2.07 bits per heavy atom. The van der Waals surface area contributed by atoms with Crippen molar-refractivity contribution in [3.63, 3.8) is 0 Å². The Morgan fingerprint density at radius 3 is 2.67 bits per heavy atom. The number of hydrogen-bond donors (Lipinski definition) is 0. The van der Waals surface area contributed by atoms with Crippen LogP contribution in [0.15, 0.2) is 10.9 Å². The number of nitrogens with zero attached hydrogens (tertiary/aromatic N) is 1. The zero-order valence-electron chi connectivity index (χ0n) is 8.19. The molecule has 1 aliphatic heterocycles. The summed E-state index contributed by atoms with van der Waals surface area (Å²) in [5.74, 6) is 0. The molecule has 1 aromatic heterocycles.